The number of amides is 1. The van der Waals surface area contributed by atoms with Gasteiger partial charge in [0, 0.05) is 22.7 Å². The first-order chi connectivity index (χ1) is 9.55. The Morgan fingerprint density at radius 1 is 1.38 bits per heavy atom. The molecule has 7 heteroatoms. The second-order valence-corrected chi connectivity index (χ2v) is 5.97. The maximum atomic E-state index is 13.9. The monoisotopic (exact) mass is 320 g/mol. The number of halogens is 3. The second kappa shape index (κ2) is 6.58. The molecule has 0 unspecified atom stereocenters. The number of carbonyl (C=O) groups is 1. The molecule has 21 heavy (non-hydrogen) atoms. The fourth-order valence-electron chi connectivity index (χ4n) is 1.62. The highest BCUT2D eigenvalue weighted by molar-refractivity contribution is 6.31. The Kier molecular flexibility index (Phi) is 5.53. The highest BCUT2D eigenvalue weighted by Crippen LogP contribution is 2.37. The van der Waals surface area contributed by atoms with Crippen LogP contribution in [0.1, 0.15) is 32.8 Å². The van der Waals surface area contributed by atoms with Crippen molar-refractivity contribution in [3.63, 3.8) is 0 Å². The molecule has 0 aliphatic carbocycles. The van der Waals surface area contributed by atoms with Crippen LogP contribution in [0.5, 0.6) is 0 Å². The third kappa shape index (κ3) is 5.47. The minimum atomic E-state index is -3.16. The van der Waals surface area contributed by atoms with Crippen LogP contribution in [-0.4, -0.2) is 18.2 Å². The van der Waals surface area contributed by atoms with Crippen molar-refractivity contribution in [1.29, 1.82) is 0 Å². The molecular weight excluding hydrogens is 302 g/mol. The number of anilines is 1. The maximum absolute atomic E-state index is 13.9. The van der Waals surface area contributed by atoms with Crippen molar-refractivity contribution in [2.45, 2.75) is 38.7 Å². The van der Waals surface area contributed by atoms with Gasteiger partial charge in [0.1, 0.15) is 5.60 Å². The van der Waals surface area contributed by atoms with Crippen LogP contribution in [0.25, 0.3) is 0 Å². The molecule has 0 fully saturated rings. The van der Waals surface area contributed by atoms with E-state index in [4.69, 9.17) is 22.1 Å². The van der Waals surface area contributed by atoms with Crippen LogP contribution < -0.4 is 11.1 Å². The summed E-state index contributed by atoms with van der Waals surface area (Å²) in [7, 11) is 0. The van der Waals surface area contributed by atoms with Crippen LogP contribution in [0.2, 0.25) is 5.02 Å². The number of nitrogens with one attached hydrogen (secondary N) is 1. The van der Waals surface area contributed by atoms with Gasteiger partial charge in [0.2, 0.25) is 0 Å². The molecule has 0 heterocycles. The van der Waals surface area contributed by atoms with Crippen LogP contribution in [-0.2, 0) is 10.7 Å². The first kappa shape index (κ1) is 17.7. The number of benzene rings is 1. The molecule has 1 amide bonds. The van der Waals surface area contributed by atoms with E-state index in [2.05, 4.69) is 5.32 Å². The summed E-state index contributed by atoms with van der Waals surface area (Å²) in [6, 6.07) is 3.85. The summed E-state index contributed by atoms with van der Waals surface area (Å²) in [5.41, 5.74) is 4.31. The van der Waals surface area contributed by atoms with Crippen molar-refractivity contribution in [2.75, 3.05) is 11.9 Å². The van der Waals surface area contributed by atoms with Gasteiger partial charge in [-0.2, -0.15) is 0 Å². The van der Waals surface area contributed by atoms with E-state index >= 15 is 0 Å². The van der Waals surface area contributed by atoms with E-state index in [0.717, 1.165) is 6.07 Å². The van der Waals surface area contributed by atoms with Gasteiger partial charge in [-0.25, -0.2) is 13.6 Å². The molecule has 1 aromatic rings. The number of ether oxygens (including phenoxy) is 1. The molecule has 3 N–H and O–H groups in total. The lowest BCUT2D eigenvalue weighted by atomic mass is 10.0. The smallest absolute Gasteiger partial charge is 0.412 e. The minimum Gasteiger partial charge on any atom is -0.444 e. The van der Waals surface area contributed by atoms with Crippen molar-refractivity contribution in [3.8, 4) is 0 Å². The average Bonchev–Trinajstić information content (AvgIpc) is 2.28. The largest absolute Gasteiger partial charge is 0.444 e. The molecule has 0 atom stereocenters. The summed E-state index contributed by atoms with van der Waals surface area (Å²) in [4.78, 5) is 11.6. The van der Waals surface area contributed by atoms with Crippen LogP contribution in [0, 0.1) is 0 Å². The number of carbonyl (C=O) groups excluding carboxylic acids is 1. The molecule has 0 aliphatic rings. The zero-order valence-electron chi connectivity index (χ0n) is 12.2. The predicted octanol–water partition coefficient (Wildman–Crippen LogP) is 4.13. The van der Waals surface area contributed by atoms with Gasteiger partial charge >= 0.3 is 6.09 Å². The summed E-state index contributed by atoms with van der Waals surface area (Å²) in [6.45, 7) is 4.94. The van der Waals surface area contributed by atoms with Crippen LogP contribution in [0.3, 0.4) is 0 Å². The fourth-order valence-corrected chi connectivity index (χ4v) is 1.88. The maximum Gasteiger partial charge on any atom is 0.412 e. The van der Waals surface area contributed by atoms with Gasteiger partial charge < -0.3 is 10.5 Å². The average molecular weight is 321 g/mol. The SMILES string of the molecule is CC(C)(C)OC(=O)Nc1ccc(Cl)c(C(F)(F)CCN)c1. The highest BCUT2D eigenvalue weighted by Gasteiger charge is 2.33. The second-order valence-electron chi connectivity index (χ2n) is 5.56. The van der Waals surface area contributed by atoms with Gasteiger partial charge in [0.25, 0.3) is 5.92 Å². The zero-order valence-corrected chi connectivity index (χ0v) is 12.9. The van der Waals surface area contributed by atoms with Crippen LogP contribution >= 0.6 is 11.6 Å². The molecule has 0 aliphatic heterocycles. The van der Waals surface area contributed by atoms with Crippen LogP contribution in [0.15, 0.2) is 18.2 Å². The van der Waals surface area contributed by atoms with Gasteiger partial charge in [-0.15, -0.1) is 0 Å². The van der Waals surface area contributed by atoms with Crippen molar-refractivity contribution in [2.24, 2.45) is 5.73 Å². The lowest BCUT2D eigenvalue weighted by Crippen LogP contribution is -2.27. The van der Waals surface area contributed by atoms with Crippen molar-refractivity contribution in [3.05, 3.63) is 28.8 Å². The van der Waals surface area contributed by atoms with Gasteiger partial charge in [-0.05, 0) is 45.5 Å². The van der Waals surface area contributed by atoms with E-state index in [9.17, 15) is 13.6 Å². The van der Waals surface area contributed by atoms with E-state index in [1.54, 1.807) is 20.8 Å². The Labute approximate surface area is 127 Å². The Morgan fingerprint density at radius 3 is 2.52 bits per heavy atom. The summed E-state index contributed by atoms with van der Waals surface area (Å²) in [5.74, 6) is -3.16. The molecule has 118 valence electrons. The summed E-state index contributed by atoms with van der Waals surface area (Å²) >= 11 is 5.79. The number of alkyl halides is 2. The number of nitrogens with two attached hydrogens (primary N) is 1. The Bertz CT molecular complexity index is 516. The number of hydrogen-bond acceptors (Lipinski definition) is 3. The molecule has 0 spiro atoms. The van der Waals surface area contributed by atoms with E-state index in [1.807, 2.05) is 0 Å². The fraction of sp³-hybridized carbons (Fsp3) is 0.500. The normalized spacial score (nSPS) is 12.1. The first-order valence-corrected chi connectivity index (χ1v) is 6.81. The predicted molar refractivity (Wildman–Crippen MR) is 78.9 cm³/mol. The Hall–Kier alpha value is -1.40. The van der Waals surface area contributed by atoms with Crippen molar-refractivity contribution >= 4 is 23.4 Å². The summed E-state index contributed by atoms with van der Waals surface area (Å²) < 4.78 is 32.8. The molecule has 0 aromatic heterocycles. The van der Waals surface area contributed by atoms with E-state index in [-0.39, 0.29) is 22.8 Å². The number of hydrogen-bond donors (Lipinski definition) is 2. The standard InChI is InChI=1S/C14H19ClF2N2O2/c1-13(2,3)21-12(20)19-9-4-5-11(15)10(8-9)14(16,17)6-7-18/h4-5,8H,6-7,18H2,1-3H3,(H,19,20). The third-order valence-corrected chi connectivity index (χ3v) is 2.79. The lowest BCUT2D eigenvalue weighted by Gasteiger charge is -2.21. The highest BCUT2D eigenvalue weighted by atomic mass is 35.5. The topological polar surface area (TPSA) is 64.3 Å². The minimum absolute atomic E-state index is 0.0804. The zero-order chi connectivity index (χ0) is 16.3. The van der Waals surface area contributed by atoms with Gasteiger partial charge in [-0.1, -0.05) is 11.6 Å². The third-order valence-electron chi connectivity index (χ3n) is 2.46. The Morgan fingerprint density at radius 2 is 2.00 bits per heavy atom. The van der Waals surface area contributed by atoms with Crippen molar-refractivity contribution < 1.29 is 18.3 Å². The van der Waals surface area contributed by atoms with Gasteiger partial charge in [0.15, 0.2) is 0 Å². The summed E-state index contributed by atoms with van der Waals surface area (Å²) in [5, 5.41) is 2.32. The van der Waals surface area contributed by atoms with Gasteiger partial charge in [-0.3, -0.25) is 5.32 Å². The first-order valence-electron chi connectivity index (χ1n) is 6.43. The number of rotatable bonds is 4. The molecular formula is C14H19ClF2N2O2. The van der Waals surface area contributed by atoms with E-state index in [0.29, 0.717) is 0 Å². The molecule has 0 saturated carbocycles. The van der Waals surface area contributed by atoms with E-state index in [1.165, 1.54) is 12.1 Å². The Balaban J connectivity index is 2.94. The molecule has 0 radical (unpaired) electrons. The molecule has 1 rings (SSSR count). The van der Waals surface area contributed by atoms with Crippen LogP contribution in [0.4, 0.5) is 19.3 Å². The van der Waals surface area contributed by atoms with Gasteiger partial charge in [0.05, 0.1) is 0 Å². The molecule has 1 aromatic carbocycles. The molecule has 0 bridgehead atoms. The quantitative estimate of drug-likeness (QED) is 0.876. The molecule has 4 nitrogen and oxygen atoms in total. The molecule has 0 saturated heterocycles. The lowest BCUT2D eigenvalue weighted by molar-refractivity contribution is -0.0105. The summed E-state index contributed by atoms with van der Waals surface area (Å²) in [6.07, 6.45) is -1.25. The van der Waals surface area contributed by atoms with E-state index < -0.39 is 24.0 Å². The van der Waals surface area contributed by atoms with Crippen molar-refractivity contribution in [1.82, 2.24) is 0 Å².